The van der Waals surface area contributed by atoms with Gasteiger partial charge in [-0.05, 0) is 49.4 Å². The van der Waals surface area contributed by atoms with Gasteiger partial charge in [-0.3, -0.25) is 0 Å². The third kappa shape index (κ3) is 4.06. The number of rotatable bonds is 5. The summed E-state index contributed by atoms with van der Waals surface area (Å²) in [7, 11) is 0. The average molecular weight is 453 g/mol. The topological polar surface area (TPSA) is 78.1 Å². The van der Waals surface area contributed by atoms with Crippen LogP contribution in [-0.4, -0.2) is 41.1 Å². The number of nitrogens with one attached hydrogen (secondary N) is 3. The van der Waals surface area contributed by atoms with Gasteiger partial charge in [-0.1, -0.05) is 11.6 Å². The van der Waals surface area contributed by atoms with Crippen molar-refractivity contribution in [2.24, 2.45) is 0 Å². The number of hydrogen-bond donors (Lipinski definition) is 3. The highest BCUT2D eigenvalue weighted by molar-refractivity contribution is 6.34. The van der Waals surface area contributed by atoms with Crippen LogP contribution >= 0.6 is 11.6 Å². The normalized spacial score (nSPS) is 14.0. The van der Waals surface area contributed by atoms with Gasteiger partial charge in [0.2, 0.25) is 5.88 Å². The molecule has 1 saturated heterocycles. The second-order valence-corrected chi connectivity index (χ2v) is 8.02. The molecule has 1 aliphatic rings. The molecular formula is C23H22ClFN6O. The number of fused-ring (bicyclic) bond motifs is 1. The zero-order valence-electron chi connectivity index (χ0n) is 17.5. The van der Waals surface area contributed by atoms with Gasteiger partial charge < -0.3 is 25.3 Å². The Morgan fingerprint density at radius 1 is 1.09 bits per heavy atom. The summed E-state index contributed by atoms with van der Waals surface area (Å²) in [6, 6.07) is 13.1. The van der Waals surface area contributed by atoms with Crippen LogP contribution in [0.3, 0.4) is 0 Å². The fourth-order valence-electron chi connectivity index (χ4n) is 3.80. The number of ether oxygens (including phenoxy) is 1. The van der Waals surface area contributed by atoms with Crippen LogP contribution in [0.4, 0.5) is 21.6 Å². The molecule has 1 fully saturated rings. The van der Waals surface area contributed by atoms with Crippen LogP contribution in [0.15, 0.2) is 48.8 Å². The largest absolute Gasteiger partial charge is 0.434 e. The van der Waals surface area contributed by atoms with Crippen molar-refractivity contribution >= 4 is 39.7 Å². The van der Waals surface area contributed by atoms with E-state index in [1.165, 1.54) is 12.0 Å². The maximum atomic E-state index is 14.9. The zero-order chi connectivity index (χ0) is 22.1. The van der Waals surface area contributed by atoms with Crippen LogP contribution in [0, 0.1) is 12.7 Å². The van der Waals surface area contributed by atoms with Crippen LogP contribution in [-0.2, 0) is 0 Å². The molecule has 1 aliphatic heterocycles. The molecule has 0 saturated carbocycles. The van der Waals surface area contributed by atoms with Gasteiger partial charge >= 0.3 is 0 Å². The molecule has 4 aromatic rings. The van der Waals surface area contributed by atoms with Crippen LogP contribution in [0.2, 0.25) is 5.02 Å². The van der Waals surface area contributed by atoms with Gasteiger partial charge in [-0.25, -0.2) is 9.37 Å². The highest BCUT2D eigenvalue weighted by atomic mass is 35.5. The standard InChI is InChI=1S/C23H22ClFN6O/c1-14-12-17-18(29-14)6-7-19(21(17)25)32-23-20(24)22(27-13-28-23)30-15-2-4-16(5-3-15)31-10-8-26-9-11-31/h2-7,12-13,26,29H,8-11H2,1H3,(H,27,28,30). The minimum Gasteiger partial charge on any atom is -0.434 e. The first-order chi connectivity index (χ1) is 15.6. The summed E-state index contributed by atoms with van der Waals surface area (Å²) in [6.07, 6.45) is 1.33. The summed E-state index contributed by atoms with van der Waals surface area (Å²) in [6.45, 7) is 5.80. The van der Waals surface area contributed by atoms with Crippen molar-refractivity contribution in [2.75, 3.05) is 36.4 Å². The summed E-state index contributed by atoms with van der Waals surface area (Å²) in [5.74, 6) is 0.0284. The molecule has 2 aromatic carbocycles. The number of nitrogens with zero attached hydrogens (tertiary/aromatic N) is 3. The number of aromatic nitrogens is 3. The van der Waals surface area contributed by atoms with Crippen LogP contribution in [0.25, 0.3) is 10.9 Å². The third-order valence-corrected chi connectivity index (χ3v) is 5.75. The monoisotopic (exact) mass is 452 g/mol. The predicted octanol–water partition coefficient (Wildman–Crippen LogP) is 5.00. The lowest BCUT2D eigenvalue weighted by Gasteiger charge is -2.29. The Morgan fingerprint density at radius 3 is 2.66 bits per heavy atom. The quantitative estimate of drug-likeness (QED) is 0.395. The Bertz CT molecular complexity index is 1250. The van der Waals surface area contributed by atoms with E-state index in [0.29, 0.717) is 16.7 Å². The lowest BCUT2D eigenvalue weighted by atomic mass is 10.2. The molecule has 2 aromatic heterocycles. The summed E-state index contributed by atoms with van der Waals surface area (Å²) in [4.78, 5) is 13.7. The van der Waals surface area contributed by atoms with Crippen molar-refractivity contribution in [3.63, 3.8) is 0 Å². The Hall–Kier alpha value is -3.36. The third-order valence-electron chi connectivity index (χ3n) is 5.41. The highest BCUT2D eigenvalue weighted by Crippen LogP contribution is 2.36. The second kappa shape index (κ2) is 8.64. The van der Waals surface area contributed by atoms with E-state index in [2.05, 4.69) is 42.6 Å². The fourth-order valence-corrected chi connectivity index (χ4v) is 3.98. The Kier molecular flexibility index (Phi) is 5.55. The number of benzene rings is 2. The molecule has 5 rings (SSSR count). The molecule has 0 spiro atoms. The number of piperazine rings is 1. The number of aryl methyl sites for hydroxylation is 1. The number of halogens is 2. The van der Waals surface area contributed by atoms with E-state index in [4.69, 9.17) is 16.3 Å². The summed E-state index contributed by atoms with van der Waals surface area (Å²) in [5, 5.41) is 7.16. The van der Waals surface area contributed by atoms with Gasteiger partial charge in [0.25, 0.3) is 0 Å². The summed E-state index contributed by atoms with van der Waals surface area (Å²) in [5.41, 5.74) is 3.56. The van der Waals surface area contributed by atoms with E-state index in [0.717, 1.165) is 37.6 Å². The van der Waals surface area contributed by atoms with Gasteiger partial charge in [0, 0.05) is 54.2 Å². The van der Waals surface area contributed by atoms with Crippen LogP contribution in [0.1, 0.15) is 5.69 Å². The predicted molar refractivity (Wildman–Crippen MR) is 125 cm³/mol. The minimum absolute atomic E-state index is 0.0448. The van der Waals surface area contributed by atoms with Crippen molar-refractivity contribution in [3.05, 3.63) is 65.3 Å². The molecule has 0 amide bonds. The molecule has 164 valence electrons. The first kappa shape index (κ1) is 20.5. The summed E-state index contributed by atoms with van der Waals surface area (Å²) < 4.78 is 20.6. The second-order valence-electron chi connectivity index (χ2n) is 7.64. The molecule has 0 aliphatic carbocycles. The highest BCUT2D eigenvalue weighted by Gasteiger charge is 2.17. The Labute approximate surface area is 189 Å². The van der Waals surface area contributed by atoms with Crippen molar-refractivity contribution in [1.82, 2.24) is 20.3 Å². The molecule has 32 heavy (non-hydrogen) atoms. The van der Waals surface area contributed by atoms with Gasteiger partial charge in [-0.15, -0.1) is 0 Å². The van der Waals surface area contributed by atoms with Crippen LogP contribution in [0.5, 0.6) is 11.6 Å². The SMILES string of the molecule is Cc1cc2c(F)c(Oc3ncnc(Nc4ccc(N5CCNCC5)cc4)c3Cl)ccc2[nH]1. The van der Waals surface area contributed by atoms with E-state index in [1.54, 1.807) is 18.2 Å². The van der Waals surface area contributed by atoms with Crippen molar-refractivity contribution in [1.29, 1.82) is 0 Å². The maximum absolute atomic E-state index is 14.9. The van der Waals surface area contributed by atoms with E-state index >= 15 is 0 Å². The van der Waals surface area contributed by atoms with E-state index < -0.39 is 5.82 Å². The molecule has 0 bridgehead atoms. The minimum atomic E-state index is -0.473. The van der Waals surface area contributed by atoms with E-state index in [9.17, 15) is 4.39 Å². The van der Waals surface area contributed by atoms with E-state index in [-0.39, 0.29) is 16.7 Å². The molecular weight excluding hydrogens is 431 g/mol. The molecule has 7 nitrogen and oxygen atoms in total. The number of hydrogen-bond acceptors (Lipinski definition) is 6. The molecule has 3 heterocycles. The van der Waals surface area contributed by atoms with Gasteiger partial charge in [0.1, 0.15) is 11.3 Å². The van der Waals surface area contributed by atoms with Gasteiger partial charge in [-0.2, -0.15) is 4.98 Å². The van der Waals surface area contributed by atoms with Crippen LogP contribution < -0.4 is 20.3 Å². The molecule has 0 radical (unpaired) electrons. The molecule has 0 atom stereocenters. The first-order valence-corrected chi connectivity index (χ1v) is 10.8. The lowest BCUT2D eigenvalue weighted by molar-refractivity contribution is 0.430. The number of anilines is 3. The van der Waals surface area contributed by atoms with E-state index in [1.807, 2.05) is 19.1 Å². The van der Waals surface area contributed by atoms with Crippen molar-refractivity contribution < 1.29 is 9.13 Å². The first-order valence-electron chi connectivity index (χ1n) is 10.4. The van der Waals surface area contributed by atoms with Crippen molar-refractivity contribution in [2.45, 2.75) is 6.92 Å². The van der Waals surface area contributed by atoms with Crippen molar-refractivity contribution in [3.8, 4) is 11.6 Å². The Balaban J connectivity index is 1.35. The van der Waals surface area contributed by atoms with Gasteiger partial charge in [0.05, 0.1) is 0 Å². The zero-order valence-corrected chi connectivity index (χ0v) is 18.2. The Morgan fingerprint density at radius 2 is 1.88 bits per heavy atom. The fraction of sp³-hybridized carbons (Fsp3) is 0.217. The van der Waals surface area contributed by atoms with Gasteiger partial charge in [0.15, 0.2) is 17.4 Å². The summed E-state index contributed by atoms with van der Waals surface area (Å²) >= 11 is 6.48. The number of H-pyrrole nitrogens is 1. The smallest absolute Gasteiger partial charge is 0.243 e. The maximum Gasteiger partial charge on any atom is 0.243 e. The lowest BCUT2D eigenvalue weighted by Crippen LogP contribution is -2.43. The molecule has 9 heteroatoms. The molecule has 0 unspecified atom stereocenters. The number of aromatic amines is 1. The average Bonchev–Trinajstić information content (AvgIpc) is 3.20. The molecule has 3 N–H and O–H groups in total.